The van der Waals surface area contributed by atoms with Crippen molar-refractivity contribution in [2.45, 2.75) is 6.42 Å². The number of benzene rings is 2. The van der Waals surface area contributed by atoms with Crippen LogP contribution in [0.3, 0.4) is 0 Å². The number of nitriles is 1. The van der Waals surface area contributed by atoms with Crippen LogP contribution in [0.2, 0.25) is 0 Å². The van der Waals surface area contributed by atoms with Crippen molar-refractivity contribution in [2.24, 2.45) is 0 Å². The first-order valence-corrected chi connectivity index (χ1v) is 7.05. The van der Waals surface area contributed by atoms with Gasteiger partial charge in [-0.3, -0.25) is 0 Å². The lowest BCUT2D eigenvalue weighted by molar-refractivity contribution is 0.320. The Morgan fingerprint density at radius 2 is 2.00 bits per heavy atom. The smallest absolute Gasteiger partial charge is 0.190 e. The molecule has 0 spiro atoms. The Morgan fingerprint density at radius 1 is 1.13 bits per heavy atom. The van der Waals surface area contributed by atoms with E-state index in [-0.39, 0.29) is 11.5 Å². The van der Waals surface area contributed by atoms with Gasteiger partial charge in [-0.2, -0.15) is 15.6 Å². The zero-order valence-corrected chi connectivity index (χ0v) is 12.2. The van der Waals surface area contributed by atoms with Gasteiger partial charge < -0.3 is 4.74 Å². The molecule has 0 saturated carbocycles. The fraction of sp³-hybridized carbons (Fsp3) is 0.118. The van der Waals surface area contributed by atoms with Gasteiger partial charge in [0.05, 0.1) is 6.61 Å². The molecule has 23 heavy (non-hydrogen) atoms. The summed E-state index contributed by atoms with van der Waals surface area (Å²) in [5.41, 5.74) is 2.06. The average Bonchev–Trinajstić information content (AvgIpc) is 3.06. The normalized spacial score (nSPS) is 10.3. The van der Waals surface area contributed by atoms with Crippen LogP contribution in [0.15, 0.2) is 48.5 Å². The second-order valence-electron chi connectivity index (χ2n) is 4.85. The zero-order valence-electron chi connectivity index (χ0n) is 12.2. The summed E-state index contributed by atoms with van der Waals surface area (Å²) < 4.78 is 19.2. The summed E-state index contributed by atoms with van der Waals surface area (Å²) in [4.78, 5) is 0. The number of halogens is 1. The van der Waals surface area contributed by atoms with Crippen molar-refractivity contribution in [3.05, 3.63) is 65.6 Å². The molecule has 0 aliphatic carbocycles. The monoisotopic (exact) mass is 308 g/mol. The Morgan fingerprint density at radius 3 is 2.83 bits per heavy atom. The Kier molecular flexibility index (Phi) is 4.29. The van der Waals surface area contributed by atoms with E-state index >= 15 is 0 Å². The molecule has 0 aliphatic heterocycles. The highest BCUT2D eigenvalue weighted by Crippen LogP contribution is 2.23. The van der Waals surface area contributed by atoms with Crippen molar-refractivity contribution in [1.82, 2.24) is 15.4 Å². The molecule has 0 bridgehead atoms. The van der Waals surface area contributed by atoms with Crippen molar-refractivity contribution in [3.8, 4) is 23.1 Å². The Balaban J connectivity index is 1.69. The molecule has 0 radical (unpaired) electrons. The van der Waals surface area contributed by atoms with E-state index in [1.807, 2.05) is 18.2 Å². The van der Waals surface area contributed by atoms with Gasteiger partial charge in [-0.15, -0.1) is 5.10 Å². The van der Waals surface area contributed by atoms with Crippen LogP contribution >= 0.6 is 0 Å². The molecular weight excluding hydrogens is 295 g/mol. The molecule has 0 amide bonds. The third-order valence-electron chi connectivity index (χ3n) is 3.36. The van der Waals surface area contributed by atoms with Crippen LogP contribution in [0, 0.1) is 17.1 Å². The largest absolute Gasteiger partial charge is 0.493 e. The van der Waals surface area contributed by atoms with Crippen molar-refractivity contribution in [3.63, 3.8) is 0 Å². The number of rotatable bonds is 5. The SMILES string of the molecule is N#Cc1n[nH]nc1-c1cccc(OCCc2ccccc2F)c1. The molecule has 1 aromatic heterocycles. The summed E-state index contributed by atoms with van der Waals surface area (Å²) in [6, 6.07) is 15.8. The zero-order chi connectivity index (χ0) is 16.1. The number of hydrogen-bond donors (Lipinski definition) is 1. The quantitative estimate of drug-likeness (QED) is 0.786. The van der Waals surface area contributed by atoms with Crippen molar-refractivity contribution < 1.29 is 9.13 Å². The molecule has 0 atom stereocenters. The van der Waals surface area contributed by atoms with Crippen LogP contribution in [0.25, 0.3) is 11.3 Å². The van der Waals surface area contributed by atoms with Crippen molar-refractivity contribution in [1.29, 1.82) is 5.26 Å². The highest BCUT2D eigenvalue weighted by molar-refractivity contribution is 5.65. The van der Waals surface area contributed by atoms with E-state index in [1.54, 1.807) is 30.3 Å². The molecule has 3 aromatic rings. The number of aromatic amines is 1. The summed E-state index contributed by atoms with van der Waals surface area (Å²) in [5.74, 6) is 0.400. The number of ether oxygens (including phenoxy) is 1. The standard InChI is InChI=1S/C17H13FN4O/c18-15-7-2-1-4-12(15)8-9-23-14-6-3-5-13(10-14)17-16(11-19)20-22-21-17/h1-7,10H,8-9H2,(H,20,21,22). The fourth-order valence-corrected chi connectivity index (χ4v) is 2.22. The van der Waals surface area contributed by atoms with E-state index in [1.165, 1.54) is 6.07 Å². The Labute approximate surface area is 132 Å². The first-order chi connectivity index (χ1) is 11.3. The first kappa shape index (κ1) is 14.7. The lowest BCUT2D eigenvalue weighted by atomic mass is 10.1. The van der Waals surface area contributed by atoms with Gasteiger partial charge in [0.2, 0.25) is 0 Å². The van der Waals surface area contributed by atoms with Crippen LogP contribution in [0.1, 0.15) is 11.3 Å². The van der Waals surface area contributed by atoms with Gasteiger partial charge >= 0.3 is 0 Å². The number of aromatic nitrogens is 3. The second-order valence-corrected chi connectivity index (χ2v) is 4.85. The summed E-state index contributed by atoms with van der Waals surface area (Å²) in [6.45, 7) is 0.355. The molecule has 114 valence electrons. The van der Waals surface area contributed by atoms with Gasteiger partial charge in [0.25, 0.3) is 0 Å². The maximum atomic E-state index is 13.5. The maximum Gasteiger partial charge on any atom is 0.190 e. The molecule has 0 unspecified atom stereocenters. The van der Waals surface area contributed by atoms with Gasteiger partial charge in [-0.05, 0) is 23.8 Å². The van der Waals surface area contributed by atoms with E-state index < -0.39 is 0 Å². The predicted octanol–water partition coefficient (Wildman–Crippen LogP) is 3.10. The summed E-state index contributed by atoms with van der Waals surface area (Å²) in [7, 11) is 0. The van der Waals surface area contributed by atoms with Crippen LogP contribution in [-0.2, 0) is 6.42 Å². The van der Waals surface area contributed by atoms with Gasteiger partial charge in [-0.1, -0.05) is 30.3 Å². The minimum absolute atomic E-state index is 0.230. The van der Waals surface area contributed by atoms with Gasteiger partial charge in [-0.25, -0.2) is 4.39 Å². The van der Waals surface area contributed by atoms with E-state index in [0.29, 0.717) is 30.0 Å². The Bertz CT molecular complexity index is 854. The van der Waals surface area contributed by atoms with Crippen LogP contribution in [0.4, 0.5) is 4.39 Å². The summed E-state index contributed by atoms with van der Waals surface area (Å²) >= 11 is 0. The summed E-state index contributed by atoms with van der Waals surface area (Å²) in [5, 5.41) is 19.2. The third kappa shape index (κ3) is 3.35. The molecule has 0 aliphatic rings. The molecule has 3 rings (SSSR count). The number of H-pyrrole nitrogens is 1. The van der Waals surface area contributed by atoms with Gasteiger partial charge in [0.15, 0.2) is 5.69 Å². The van der Waals surface area contributed by atoms with Crippen molar-refractivity contribution >= 4 is 0 Å². The average molecular weight is 308 g/mol. The minimum atomic E-state index is -0.230. The van der Waals surface area contributed by atoms with Crippen LogP contribution in [-0.4, -0.2) is 22.0 Å². The molecule has 6 heteroatoms. The van der Waals surface area contributed by atoms with E-state index in [9.17, 15) is 4.39 Å². The molecule has 1 heterocycles. The highest BCUT2D eigenvalue weighted by Gasteiger charge is 2.10. The van der Waals surface area contributed by atoms with Gasteiger partial charge in [0, 0.05) is 12.0 Å². The van der Waals surface area contributed by atoms with E-state index in [0.717, 1.165) is 5.56 Å². The fourth-order valence-electron chi connectivity index (χ4n) is 2.22. The summed E-state index contributed by atoms with van der Waals surface area (Å²) in [6.07, 6.45) is 0.476. The molecule has 2 aromatic carbocycles. The molecule has 0 fully saturated rings. The molecule has 0 saturated heterocycles. The number of hydrogen-bond acceptors (Lipinski definition) is 4. The van der Waals surface area contributed by atoms with E-state index in [4.69, 9.17) is 10.00 Å². The van der Waals surface area contributed by atoms with Crippen LogP contribution < -0.4 is 4.74 Å². The predicted molar refractivity (Wildman–Crippen MR) is 82.1 cm³/mol. The van der Waals surface area contributed by atoms with Gasteiger partial charge in [0.1, 0.15) is 23.3 Å². The second kappa shape index (κ2) is 6.71. The minimum Gasteiger partial charge on any atom is -0.493 e. The highest BCUT2D eigenvalue weighted by atomic mass is 19.1. The van der Waals surface area contributed by atoms with Crippen molar-refractivity contribution in [2.75, 3.05) is 6.61 Å². The molecule has 5 nitrogen and oxygen atoms in total. The first-order valence-electron chi connectivity index (χ1n) is 7.05. The molecular formula is C17H13FN4O. The maximum absolute atomic E-state index is 13.5. The number of nitrogens with zero attached hydrogens (tertiary/aromatic N) is 3. The lowest BCUT2D eigenvalue weighted by Gasteiger charge is -2.08. The number of nitrogens with one attached hydrogen (secondary N) is 1. The Hall–Kier alpha value is -3.20. The van der Waals surface area contributed by atoms with E-state index in [2.05, 4.69) is 15.4 Å². The van der Waals surface area contributed by atoms with Crippen LogP contribution in [0.5, 0.6) is 5.75 Å². The lowest BCUT2D eigenvalue weighted by Crippen LogP contribution is -2.03. The topological polar surface area (TPSA) is 74.6 Å². The molecule has 1 N–H and O–H groups in total. The third-order valence-corrected chi connectivity index (χ3v) is 3.36.